The second-order valence-corrected chi connectivity index (χ2v) is 2.68. The smallest absolute Gasteiger partial charge is 0.282 e. The molecule has 0 aromatic carbocycles. The zero-order chi connectivity index (χ0) is 8.69. The average molecular weight is 156 g/mol. The summed E-state index contributed by atoms with van der Waals surface area (Å²) in [4.78, 5) is 0. The molecule has 0 amide bonds. The fraction of sp³-hybridized carbons (Fsp3) is 1.00. The van der Waals surface area contributed by atoms with E-state index in [4.69, 9.17) is 12.8 Å². The second-order valence-electron chi connectivity index (χ2n) is 2.68. The van der Waals surface area contributed by atoms with Crippen LogP contribution < -0.4 is 0 Å². The third kappa shape index (κ3) is 3.78. The van der Waals surface area contributed by atoms with Gasteiger partial charge in [-0.2, -0.15) is 0 Å². The standard InChI is InChI=1S/C8H17BO2/c1-4-7(6-11-9)8(5-2)10-3/h7-8H,4-6H2,1-3H3. The van der Waals surface area contributed by atoms with Gasteiger partial charge in [-0.1, -0.05) is 13.8 Å². The molecule has 64 valence electrons. The highest BCUT2D eigenvalue weighted by molar-refractivity contribution is 5.97. The summed E-state index contributed by atoms with van der Waals surface area (Å²) >= 11 is 0. The van der Waals surface area contributed by atoms with Gasteiger partial charge in [0, 0.05) is 19.6 Å². The van der Waals surface area contributed by atoms with Crippen LogP contribution in [0, 0.1) is 5.92 Å². The van der Waals surface area contributed by atoms with Crippen molar-refractivity contribution in [3.8, 4) is 0 Å². The van der Waals surface area contributed by atoms with Crippen molar-refractivity contribution in [2.75, 3.05) is 13.7 Å². The van der Waals surface area contributed by atoms with E-state index < -0.39 is 0 Å². The Labute approximate surface area is 70.7 Å². The number of rotatable bonds is 6. The van der Waals surface area contributed by atoms with Crippen LogP contribution in [-0.2, 0) is 9.39 Å². The minimum absolute atomic E-state index is 0.281. The molecule has 0 saturated heterocycles. The van der Waals surface area contributed by atoms with Crippen LogP contribution in [0.15, 0.2) is 0 Å². The van der Waals surface area contributed by atoms with Crippen LogP contribution in [-0.4, -0.2) is 27.9 Å². The van der Waals surface area contributed by atoms with Crippen molar-refractivity contribution >= 4 is 8.05 Å². The van der Waals surface area contributed by atoms with Gasteiger partial charge in [0.15, 0.2) is 0 Å². The highest BCUT2D eigenvalue weighted by Gasteiger charge is 2.16. The first-order valence-corrected chi connectivity index (χ1v) is 4.14. The van der Waals surface area contributed by atoms with Gasteiger partial charge < -0.3 is 9.39 Å². The third-order valence-corrected chi connectivity index (χ3v) is 2.07. The van der Waals surface area contributed by atoms with Crippen molar-refractivity contribution in [3.63, 3.8) is 0 Å². The molecule has 0 bridgehead atoms. The molecule has 0 aromatic heterocycles. The molecule has 0 fully saturated rings. The lowest BCUT2D eigenvalue weighted by molar-refractivity contribution is 0.0286. The highest BCUT2D eigenvalue weighted by atomic mass is 16.5. The summed E-state index contributed by atoms with van der Waals surface area (Å²) < 4.78 is 9.87. The number of methoxy groups -OCH3 is 1. The Morgan fingerprint density at radius 2 is 1.91 bits per heavy atom. The molecule has 0 aromatic rings. The Hall–Kier alpha value is -0.0151. The van der Waals surface area contributed by atoms with Gasteiger partial charge in [-0.05, 0) is 12.8 Å². The lowest BCUT2D eigenvalue weighted by Crippen LogP contribution is -2.25. The Morgan fingerprint density at radius 3 is 2.18 bits per heavy atom. The van der Waals surface area contributed by atoms with E-state index in [-0.39, 0.29) is 6.10 Å². The van der Waals surface area contributed by atoms with E-state index in [1.807, 2.05) is 0 Å². The average Bonchev–Trinajstić information content (AvgIpc) is 2.05. The molecule has 0 saturated carbocycles. The molecule has 2 unspecified atom stereocenters. The molecule has 0 aliphatic carbocycles. The third-order valence-electron chi connectivity index (χ3n) is 2.07. The molecular formula is C8H17BO2. The van der Waals surface area contributed by atoms with Crippen LogP contribution in [0.2, 0.25) is 0 Å². The molecule has 11 heavy (non-hydrogen) atoms. The van der Waals surface area contributed by atoms with E-state index in [0.717, 1.165) is 12.8 Å². The van der Waals surface area contributed by atoms with Gasteiger partial charge in [0.25, 0.3) is 8.05 Å². The van der Waals surface area contributed by atoms with Crippen LogP contribution >= 0.6 is 0 Å². The maximum Gasteiger partial charge on any atom is 0.282 e. The number of hydrogen-bond acceptors (Lipinski definition) is 2. The van der Waals surface area contributed by atoms with Crippen molar-refractivity contribution in [1.29, 1.82) is 0 Å². The van der Waals surface area contributed by atoms with E-state index in [2.05, 4.69) is 18.5 Å². The largest absolute Gasteiger partial charge is 0.447 e. The van der Waals surface area contributed by atoms with Crippen molar-refractivity contribution in [3.05, 3.63) is 0 Å². The van der Waals surface area contributed by atoms with Gasteiger partial charge in [0.1, 0.15) is 0 Å². The maximum atomic E-state index is 5.27. The summed E-state index contributed by atoms with van der Waals surface area (Å²) in [7, 11) is 6.73. The molecule has 0 rings (SSSR count). The maximum absolute atomic E-state index is 5.27. The highest BCUT2D eigenvalue weighted by Crippen LogP contribution is 2.14. The van der Waals surface area contributed by atoms with Gasteiger partial charge >= 0.3 is 0 Å². The predicted molar refractivity (Wildman–Crippen MR) is 46.6 cm³/mol. The summed E-state index contributed by atoms with van der Waals surface area (Å²) in [6.07, 6.45) is 2.34. The first kappa shape index (κ1) is 11.0. The molecule has 3 heteroatoms. The monoisotopic (exact) mass is 156 g/mol. The van der Waals surface area contributed by atoms with Gasteiger partial charge in [-0.3, -0.25) is 0 Å². The van der Waals surface area contributed by atoms with E-state index >= 15 is 0 Å². The molecular weight excluding hydrogens is 139 g/mol. The summed E-state index contributed by atoms with van der Waals surface area (Å²) in [6.45, 7) is 4.81. The second kappa shape index (κ2) is 6.68. The van der Waals surface area contributed by atoms with Crippen molar-refractivity contribution < 1.29 is 9.39 Å². The lowest BCUT2D eigenvalue weighted by atomic mass is 9.98. The van der Waals surface area contributed by atoms with Gasteiger partial charge in [-0.15, -0.1) is 0 Å². The van der Waals surface area contributed by atoms with Crippen LogP contribution in [0.4, 0.5) is 0 Å². The topological polar surface area (TPSA) is 18.5 Å². The van der Waals surface area contributed by atoms with Gasteiger partial charge in [0.05, 0.1) is 6.10 Å². The quantitative estimate of drug-likeness (QED) is 0.543. The molecule has 0 heterocycles. The van der Waals surface area contributed by atoms with Crippen LogP contribution in [0.1, 0.15) is 26.7 Å². The number of ether oxygens (including phenoxy) is 1. The molecule has 0 spiro atoms. The number of hydrogen-bond donors (Lipinski definition) is 0. The van der Waals surface area contributed by atoms with Crippen LogP contribution in [0.3, 0.4) is 0 Å². The Bertz CT molecular complexity index is 84.2. The van der Waals surface area contributed by atoms with E-state index in [1.165, 1.54) is 0 Å². The summed E-state index contributed by atoms with van der Waals surface area (Å²) in [5, 5.41) is 0. The van der Waals surface area contributed by atoms with Crippen molar-refractivity contribution in [1.82, 2.24) is 0 Å². The van der Waals surface area contributed by atoms with Crippen molar-refractivity contribution in [2.24, 2.45) is 5.92 Å². The summed E-state index contributed by atoms with van der Waals surface area (Å²) in [5.41, 5.74) is 0. The van der Waals surface area contributed by atoms with E-state index in [9.17, 15) is 0 Å². The SMILES string of the molecule is [B]OCC(CC)C(CC)OC. The molecule has 0 aliphatic heterocycles. The minimum Gasteiger partial charge on any atom is -0.447 e. The fourth-order valence-corrected chi connectivity index (χ4v) is 1.30. The zero-order valence-corrected chi connectivity index (χ0v) is 7.67. The molecule has 0 aliphatic rings. The van der Waals surface area contributed by atoms with Crippen molar-refractivity contribution in [2.45, 2.75) is 32.8 Å². The lowest BCUT2D eigenvalue weighted by Gasteiger charge is -2.23. The van der Waals surface area contributed by atoms with Gasteiger partial charge in [0.2, 0.25) is 0 Å². The summed E-state index contributed by atoms with van der Waals surface area (Å²) in [5.74, 6) is 0.426. The Morgan fingerprint density at radius 1 is 1.27 bits per heavy atom. The first-order chi connectivity index (χ1) is 5.29. The van der Waals surface area contributed by atoms with E-state index in [1.54, 1.807) is 7.11 Å². The van der Waals surface area contributed by atoms with Gasteiger partial charge in [-0.25, -0.2) is 0 Å². The normalized spacial score (nSPS) is 16.3. The van der Waals surface area contributed by atoms with E-state index in [0.29, 0.717) is 12.5 Å². The molecule has 0 N–H and O–H groups in total. The predicted octanol–water partition coefficient (Wildman–Crippen LogP) is 1.54. The molecule has 2 atom stereocenters. The molecule has 2 nitrogen and oxygen atoms in total. The van der Waals surface area contributed by atoms with Crippen LogP contribution in [0.5, 0.6) is 0 Å². The fourth-order valence-electron chi connectivity index (χ4n) is 1.30. The van der Waals surface area contributed by atoms with Crippen LogP contribution in [0.25, 0.3) is 0 Å². The molecule has 2 radical (unpaired) electrons. The zero-order valence-electron chi connectivity index (χ0n) is 7.67. The Balaban J connectivity index is 3.76. The first-order valence-electron chi connectivity index (χ1n) is 4.14. The summed E-state index contributed by atoms with van der Waals surface area (Å²) in [6, 6.07) is 0. The minimum atomic E-state index is 0.281. The Kier molecular flexibility index (Phi) is 6.67.